The summed E-state index contributed by atoms with van der Waals surface area (Å²) in [7, 11) is -3.41. The molecule has 0 aromatic rings. The van der Waals surface area contributed by atoms with Crippen LogP contribution in [0.4, 0.5) is 0 Å². The summed E-state index contributed by atoms with van der Waals surface area (Å²) >= 11 is 0. The van der Waals surface area contributed by atoms with E-state index >= 15 is 0 Å². The van der Waals surface area contributed by atoms with Crippen molar-refractivity contribution in [1.82, 2.24) is 4.31 Å². The molecule has 0 spiro atoms. The van der Waals surface area contributed by atoms with Crippen molar-refractivity contribution in [3.8, 4) is 12.3 Å². The van der Waals surface area contributed by atoms with Crippen LogP contribution in [-0.2, 0) is 14.8 Å². The molecule has 0 saturated heterocycles. The largest absolute Gasteiger partial charge is 0.481 e. The Morgan fingerprint density at radius 1 is 1.50 bits per heavy atom. The molecule has 0 bridgehead atoms. The molecule has 0 fully saturated rings. The van der Waals surface area contributed by atoms with E-state index in [-0.39, 0.29) is 25.1 Å². The lowest BCUT2D eigenvalue weighted by molar-refractivity contribution is -0.137. The van der Waals surface area contributed by atoms with E-state index in [1.54, 1.807) is 0 Å². The van der Waals surface area contributed by atoms with Gasteiger partial charge in [0, 0.05) is 13.0 Å². The normalized spacial score (nSPS) is 11.3. The summed E-state index contributed by atoms with van der Waals surface area (Å²) in [6, 6.07) is 0. The Kier molecular flexibility index (Phi) is 6.77. The molecule has 0 atom stereocenters. The Hall–Kier alpha value is -1.06. The van der Waals surface area contributed by atoms with Gasteiger partial charge in [0.15, 0.2) is 0 Å². The standard InChI is InChI=1S/C10H17NO4S/c1-3-7-11(8-4-2)16(14,15)9-5-6-10(12)13/h1H,4-9H2,2H3,(H,12,13). The molecule has 0 aromatic carbocycles. The summed E-state index contributed by atoms with van der Waals surface area (Å²) in [5.41, 5.74) is 0. The molecule has 6 heteroatoms. The van der Waals surface area contributed by atoms with Gasteiger partial charge in [-0.15, -0.1) is 6.42 Å². The maximum Gasteiger partial charge on any atom is 0.303 e. The maximum atomic E-state index is 11.7. The SMILES string of the molecule is C#CCN(CCC)S(=O)(=O)CCCC(=O)O. The third-order valence-corrected chi connectivity index (χ3v) is 3.83. The smallest absolute Gasteiger partial charge is 0.303 e. The summed E-state index contributed by atoms with van der Waals surface area (Å²) in [5.74, 6) is 1.13. The van der Waals surface area contributed by atoms with Crippen LogP contribution >= 0.6 is 0 Å². The first kappa shape index (κ1) is 14.9. The molecule has 0 unspecified atom stereocenters. The van der Waals surface area contributed by atoms with E-state index in [0.29, 0.717) is 13.0 Å². The lowest BCUT2D eigenvalue weighted by atomic mass is 10.3. The number of terminal acetylenes is 1. The number of hydrogen-bond donors (Lipinski definition) is 1. The molecule has 0 radical (unpaired) electrons. The van der Waals surface area contributed by atoms with Gasteiger partial charge in [-0.1, -0.05) is 12.8 Å². The molecule has 92 valence electrons. The third kappa shape index (κ3) is 5.73. The van der Waals surface area contributed by atoms with E-state index in [0.717, 1.165) is 0 Å². The highest BCUT2D eigenvalue weighted by Gasteiger charge is 2.20. The molecule has 5 nitrogen and oxygen atoms in total. The average molecular weight is 247 g/mol. The Balaban J connectivity index is 4.36. The zero-order valence-corrected chi connectivity index (χ0v) is 10.2. The number of nitrogens with zero attached hydrogens (tertiary/aromatic N) is 1. The summed E-state index contributed by atoms with van der Waals surface area (Å²) < 4.78 is 24.7. The fraction of sp³-hybridized carbons (Fsp3) is 0.700. The lowest BCUT2D eigenvalue weighted by Gasteiger charge is -2.18. The van der Waals surface area contributed by atoms with Gasteiger partial charge in [0.05, 0.1) is 12.3 Å². The lowest BCUT2D eigenvalue weighted by Crippen LogP contribution is -2.34. The Morgan fingerprint density at radius 2 is 2.12 bits per heavy atom. The van der Waals surface area contributed by atoms with E-state index < -0.39 is 16.0 Å². The molecule has 0 heterocycles. The summed E-state index contributed by atoms with van der Waals surface area (Å²) in [6.45, 7) is 2.28. The van der Waals surface area contributed by atoms with Crippen LogP contribution in [0.25, 0.3) is 0 Å². The molecule has 0 aromatic heterocycles. The molecule has 16 heavy (non-hydrogen) atoms. The number of carboxylic acids is 1. The van der Waals surface area contributed by atoms with Crippen molar-refractivity contribution in [2.45, 2.75) is 26.2 Å². The van der Waals surface area contributed by atoms with Gasteiger partial charge in [-0.3, -0.25) is 4.79 Å². The number of carbonyl (C=O) groups is 1. The van der Waals surface area contributed by atoms with E-state index in [1.807, 2.05) is 6.92 Å². The minimum Gasteiger partial charge on any atom is -0.481 e. The number of carboxylic acid groups (broad SMARTS) is 1. The predicted molar refractivity (Wildman–Crippen MR) is 61.4 cm³/mol. The van der Waals surface area contributed by atoms with Gasteiger partial charge in [0.2, 0.25) is 10.0 Å². The zero-order valence-electron chi connectivity index (χ0n) is 9.35. The van der Waals surface area contributed by atoms with Gasteiger partial charge in [-0.25, -0.2) is 8.42 Å². The highest BCUT2D eigenvalue weighted by molar-refractivity contribution is 7.89. The predicted octanol–water partition coefficient (Wildman–Crippen LogP) is 0.526. The van der Waals surface area contributed by atoms with Crippen molar-refractivity contribution in [2.24, 2.45) is 0 Å². The van der Waals surface area contributed by atoms with Crippen molar-refractivity contribution in [3.05, 3.63) is 0 Å². The first-order chi connectivity index (χ1) is 7.44. The van der Waals surface area contributed by atoms with E-state index in [2.05, 4.69) is 5.92 Å². The van der Waals surface area contributed by atoms with Gasteiger partial charge in [-0.2, -0.15) is 4.31 Å². The number of aliphatic carboxylic acids is 1. The molecule has 0 amide bonds. The number of hydrogen-bond acceptors (Lipinski definition) is 3. The summed E-state index contributed by atoms with van der Waals surface area (Å²) in [6.07, 6.45) is 5.73. The van der Waals surface area contributed by atoms with Crippen LogP contribution in [0, 0.1) is 12.3 Å². The number of sulfonamides is 1. The summed E-state index contributed by atoms with van der Waals surface area (Å²) in [4.78, 5) is 10.3. The fourth-order valence-corrected chi connectivity index (χ4v) is 2.70. The maximum absolute atomic E-state index is 11.7. The second-order valence-electron chi connectivity index (χ2n) is 3.35. The molecular weight excluding hydrogens is 230 g/mol. The van der Waals surface area contributed by atoms with E-state index in [4.69, 9.17) is 11.5 Å². The molecular formula is C10H17NO4S. The van der Waals surface area contributed by atoms with Crippen LogP contribution in [0.3, 0.4) is 0 Å². The van der Waals surface area contributed by atoms with Crippen LogP contribution in [0.5, 0.6) is 0 Å². The first-order valence-electron chi connectivity index (χ1n) is 5.07. The molecule has 0 rings (SSSR count). The highest BCUT2D eigenvalue weighted by atomic mass is 32.2. The van der Waals surface area contributed by atoms with Crippen LogP contribution in [0.15, 0.2) is 0 Å². The van der Waals surface area contributed by atoms with Crippen molar-refractivity contribution in [2.75, 3.05) is 18.8 Å². The van der Waals surface area contributed by atoms with Crippen molar-refractivity contribution >= 4 is 16.0 Å². The zero-order chi connectivity index (χ0) is 12.6. The fourth-order valence-electron chi connectivity index (χ4n) is 1.20. The molecule has 1 N–H and O–H groups in total. The van der Waals surface area contributed by atoms with Crippen LogP contribution in [0.1, 0.15) is 26.2 Å². The topological polar surface area (TPSA) is 74.7 Å². The second-order valence-corrected chi connectivity index (χ2v) is 5.44. The highest BCUT2D eigenvalue weighted by Crippen LogP contribution is 2.05. The molecule has 0 aliphatic rings. The van der Waals surface area contributed by atoms with Crippen molar-refractivity contribution in [3.63, 3.8) is 0 Å². The van der Waals surface area contributed by atoms with Gasteiger partial charge in [0.1, 0.15) is 0 Å². The Morgan fingerprint density at radius 3 is 2.56 bits per heavy atom. The minimum absolute atomic E-state index is 0.0449. The summed E-state index contributed by atoms with van der Waals surface area (Å²) in [5, 5.41) is 8.41. The van der Waals surface area contributed by atoms with Gasteiger partial charge in [0.25, 0.3) is 0 Å². The van der Waals surface area contributed by atoms with Crippen LogP contribution in [-0.4, -0.2) is 42.6 Å². The molecule has 0 aliphatic heterocycles. The van der Waals surface area contributed by atoms with Crippen LogP contribution in [0.2, 0.25) is 0 Å². The van der Waals surface area contributed by atoms with Crippen LogP contribution < -0.4 is 0 Å². The minimum atomic E-state index is -3.41. The van der Waals surface area contributed by atoms with Gasteiger partial charge in [-0.05, 0) is 12.8 Å². The first-order valence-corrected chi connectivity index (χ1v) is 6.68. The average Bonchev–Trinajstić information content (AvgIpc) is 2.16. The van der Waals surface area contributed by atoms with Gasteiger partial charge >= 0.3 is 5.97 Å². The molecule has 0 saturated carbocycles. The van der Waals surface area contributed by atoms with Crippen molar-refractivity contribution < 1.29 is 18.3 Å². The van der Waals surface area contributed by atoms with Crippen molar-refractivity contribution in [1.29, 1.82) is 0 Å². The number of rotatable bonds is 8. The monoisotopic (exact) mass is 247 g/mol. The Bertz CT molecular complexity index is 356. The quantitative estimate of drug-likeness (QED) is 0.635. The third-order valence-electron chi connectivity index (χ3n) is 1.93. The second kappa shape index (κ2) is 7.25. The van der Waals surface area contributed by atoms with E-state index in [9.17, 15) is 13.2 Å². The Labute approximate surface area is 96.5 Å². The van der Waals surface area contributed by atoms with E-state index in [1.165, 1.54) is 4.31 Å². The van der Waals surface area contributed by atoms with Gasteiger partial charge < -0.3 is 5.11 Å². The molecule has 0 aliphatic carbocycles.